The van der Waals surface area contributed by atoms with Gasteiger partial charge in [0.1, 0.15) is 0 Å². The molecule has 0 nitrogen and oxygen atoms in total. The van der Waals surface area contributed by atoms with E-state index in [1.807, 2.05) is 0 Å². The zero-order valence-corrected chi connectivity index (χ0v) is 15.4. The molecule has 0 aliphatic carbocycles. The lowest BCUT2D eigenvalue weighted by molar-refractivity contribution is 1.65. The standard InChI is InChI=1S/C28H18/c1-2-6-19(7-3-1)24-17-12-21-11-14-23-16-15-22-13-10-20-8-4-5-9-25(20)27(22)28(23)26(21)18-24/h1-18H. The zero-order valence-electron chi connectivity index (χ0n) is 15.4. The van der Waals surface area contributed by atoms with Gasteiger partial charge in [0.25, 0.3) is 0 Å². The van der Waals surface area contributed by atoms with Crippen molar-refractivity contribution in [3.05, 3.63) is 109 Å². The molecule has 0 unspecified atom stereocenters. The minimum absolute atomic E-state index is 1.26. The van der Waals surface area contributed by atoms with E-state index in [2.05, 4.69) is 109 Å². The molecule has 0 radical (unpaired) electrons. The molecular formula is C28H18. The Balaban J connectivity index is 1.83. The van der Waals surface area contributed by atoms with E-state index in [0.29, 0.717) is 0 Å². The molecule has 0 aliphatic rings. The molecule has 0 bridgehead atoms. The summed E-state index contributed by atoms with van der Waals surface area (Å²) in [6, 6.07) is 39.6. The Morgan fingerprint density at radius 2 is 0.857 bits per heavy atom. The Kier molecular flexibility index (Phi) is 3.27. The van der Waals surface area contributed by atoms with Crippen molar-refractivity contribution in [2.24, 2.45) is 0 Å². The fraction of sp³-hybridized carbons (Fsp3) is 0. The third kappa shape index (κ3) is 2.25. The first kappa shape index (κ1) is 15.4. The summed E-state index contributed by atoms with van der Waals surface area (Å²) in [6.07, 6.45) is 0. The van der Waals surface area contributed by atoms with Crippen molar-refractivity contribution in [2.45, 2.75) is 0 Å². The molecule has 0 N–H and O–H groups in total. The van der Waals surface area contributed by atoms with E-state index in [0.717, 1.165) is 0 Å². The second-order valence-corrected chi connectivity index (χ2v) is 7.42. The number of hydrogen-bond acceptors (Lipinski definition) is 0. The molecule has 0 spiro atoms. The van der Waals surface area contributed by atoms with Gasteiger partial charge in [0.05, 0.1) is 0 Å². The fourth-order valence-electron chi connectivity index (χ4n) is 4.45. The van der Waals surface area contributed by atoms with Crippen LogP contribution in [0.3, 0.4) is 0 Å². The summed E-state index contributed by atoms with van der Waals surface area (Å²) < 4.78 is 0. The van der Waals surface area contributed by atoms with Crippen LogP contribution in [0, 0.1) is 0 Å². The topological polar surface area (TPSA) is 0 Å². The quantitative estimate of drug-likeness (QED) is 0.263. The molecule has 130 valence electrons. The number of rotatable bonds is 1. The summed E-state index contributed by atoms with van der Waals surface area (Å²) in [4.78, 5) is 0. The molecule has 0 saturated carbocycles. The van der Waals surface area contributed by atoms with Gasteiger partial charge in [-0.25, -0.2) is 0 Å². The van der Waals surface area contributed by atoms with Crippen molar-refractivity contribution in [1.29, 1.82) is 0 Å². The Hall–Kier alpha value is -3.64. The maximum Gasteiger partial charge on any atom is -0.00204 e. The van der Waals surface area contributed by atoms with Crippen LogP contribution >= 0.6 is 0 Å². The van der Waals surface area contributed by atoms with Crippen LogP contribution in [0.1, 0.15) is 0 Å². The highest BCUT2D eigenvalue weighted by molar-refractivity contribution is 6.27. The number of fused-ring (bicyclic) bond motifs is 7. The average Bonchev–Trinajstić information content (AvgIpc) is 2.78. The van der Waals surface area contributed by atoms with E-state index < -0.39 is 0 Å². The molecule has 6 aromatic rings. The first-order valence-electron chi connectivity index (χ1n) is 9.71. The fourth-order valence-corrected chi connectivity index (χ4v) is 4.45. The summed E-state index contributed by atoms with van der Waals surface area (Å²) >= 11 is 0. The Morgan fingerprint density at radius 3 is 1.61 bits per heavy atom. The van der Waals surface area contributed by atoms with E-state index in [1.165, 1.54) is 54.2 Å². The van der Waals surface area contributed by atoms with Crippen LogP contribution in [0.15, 0.2) is 109 Å². The minimum Gasteiger partial charge on any atom is -0.0622 e. The van der Waals surface area contributed by atoms with E-state index in [-0.39, 0.29) is 0 Å². The monoisotopic (exact) mass is 354 g/mol. The second-order valence-electron chi connectivity index (χ2n) is 7.42. The van der Waals surface area contributed by atoms with Gasteiger partial charge in [-0.15, -0.1) is 0 Å². The van der Waals surface area contributed by atoms with Crippen LogP contribution in [0.25, 0.3) is 54.2 Å². The lowest BCUT2D eigenvalue weighted by Gasteiger charge is -2.12. The van der Waals surface area contributed by atoms with E-state index in [4.69, 9.17) is 0 Å². The molecule has 0 aromatic heterocycles. The largest absolute Gasteiger partial charge is 0.0622 e. The Labute approximate surface area is 163 Å². The smallest absolute Gasteiger partial charge is 0.00204 e. The van der Waals surface area contributed by atoms with Crippen molar-refractivity contribution in [3.8, 4) is 11.1 Å². The van der Waals surface area contributed by atoms with Crippen LogP contribution in [-0.2, 0) is 0 Å². The van der Waals surface area contributed by atoms with Gasteiger partial charge < -0.3 is 0 Å². The second kappa shape index (κ2) is 5.94. The van der Waals surface area contributed by atoms with Crippen LogP contribution < -0.4 is 0 Å². The third-order valence-electron chi connectivity index (χ3n) is 5.81. The van der Waals surface area contributed by atoms with Crippen LogP contribution in [-0.4, -0.2) is 0 Å². The predicted molar refractivity (Wildman–Crippen MR) is 122 cm³/mol. The Bertz CT molecular complexity index is 1480. The highest BCUT2D eigenvalue weighted by atomic mass is 14.1. The molecule has 6 aromatic carbocycles. The molecule has 0 saturated heterocycles. The third-order valence-corrected chi connectivity index (χ3v) is 5.81. The number of benzene rings is 6. The van der Waals surface area contributed by atoms with Gasteiger partial charge in [-0.1, -0.05) is 103 Å². The predicted octanol–water partition coefficient (Wildman–Crippen LogP) is 7.97. The highest BCUT2D eigenvalue weighted by Gasteiger charge is 2.09. The first-order valence-corrected chi connectivity index (χ1v) is 9.71. The molecule has 0 fully saturated rings. The summed E-state index contributed by atoms with van der Waals surface area (Å²) in [6.45, 7) is 0. The van der Waals surface area contributed by atoms with Crippen molar-refractivity contribution < 1.29 is 0 Å². The molecule has 0 amide bonds. The van der Waals surface area contributed by atoms with Crippen molar-refractivity contribution >= 4 is 43.1 Å². The minimum atomic E-state index is 1.26. The van der Waals surface area contributed by atoms with Gasteiger partial charge in [-0.2, -0.15) is 0 Å². The van der Waals surface area contributed by atoms with Crippen LogP contribution in [0.5, 0.6) is 0 Å². The summed E-state index contributed by atoms with van der Waals surface area (Å²) in [5.74, 6) is 0. The lowest BCUT2D eigenvalue weighted by atomic mass is 9.91. The molecule has 0 aliphatic heterocycles. The van der Waals surface area contributed by atoms with Crippen LogP contribution in [0.4, 0.5) is 0 Å². The van der Waals surface area contributed by atoms with Crippen LogP contribution in [0.2, 0.25) is 0 Å². The van der Waals surface area contributed by atoms with E-state index in [1.54, 1.807) is 0 Å². The van der Waals surface area contributed by atoms with E-state index >= 15 is 0 Å². The van der Waals surface area contributed by atoms with E-state index in [9.17, 15) is 0 Å². The maximum atomic E-state index is 2.36. The summed E-state index contributed by atoms with van der Waals surface area (Å²) in [7, 11) is 0. The first-order chi connectivity index (χ1) is 13.9. The lowest BCUT2D eigenvalue weighted by Crippen LogP contribution is -1.85. The van der Waals surface area contributed by atoms with Gasteiger partial charge >= 0.3 is 0 Å². The maximum absolute atomic E-state index is 2.36. The molecular weight excluding hydrogens is 336 g/mol. The van der Waals surface area contributed by atoms with Gasteiger partial charge in [0.15, 0.2) is 0 Å². The van der Waals surface area contributed by atoms with Gasteiger partial charge in [-0.3, -0.25) is 0 Å². The molecule has 0 heterocycles. The van der Waals surface area contributed by atoms with Gasteiger partial charge in [0.2, 0.25) is 0 Å². The normalized spacial score (nSPS) is 11.6. The van der Waals surface area contributed by atoms with Crippen molar-refractivity contribution in [1.82, 2.24) is 0 Å². The Morgan fingerprint density at radius 1 is 0.321 bits per heavy atom. The van der Waals surface area contributed by atoms with Crippen molar-refractivity contribution in [3.63, 3.8) is 0 Å². The average molecular weight is 354 g/mol. The summed E-state index contributed by atoms with van der Waals surface area (Å²) in [5.41, 5.74) is 2.52. The SMILES string of the molecule is c1ccc(-c2ccc3ccc4ccc5ccc6ccccc6c5c4c3c2)cc1. The van der Waals surface area contributed by atoms with Crippen molar-refractivity contribution in [2.75, 3.05) is 0 Å². The molecule has 28 heavy (non-hydrogen) atoms. The zero-order chi connectivity index (χ0) is 18.5. The number of hydrogen-bond donors (Lipinski definition) is 0. The highest BCUT2D eigenvalue weighted by Crippen LogP contribution is 2.37. The molecule has 6 rings (SSSR count). The van der Waals surface area contributed by atoms with Gasteiger partial charge in [-0.05, 0) is 60.3 Å². The summed E-state index contributed by atoms with van der Waals surface area (Å²) in [5, 5.41) is 10.5. The molecule has 0 heteroatoms. The molecule has 0 atom stereocenters. The van der Waals surface area contributed by atoms with Gasteiger partial charge in [0, 0.05) is 0 Å².